The van der Waals surface area contributed by atoms with Gasteiger partial charge in [0.2, 0.25) is 0 Å². The third-order valence-corrected chi connectivity index (χ3v) is 28.0. The Labute approximate surface area is 759 Å². The summed E-state index contributed by atoms with van der Waals surface area (Å²) in [7, 11) is 15.0. The van der Waals surface area contributed by atoms with Gasteiger partial charge in [0.25, 0.3) is 0 Å². The highest BCUT2D eigenvalue weighted by atomic mass is 15.2. The first-order valence-corrected chi connectivity index (χ1v) is 45.4. The first-order chi connectivity index (χ1) is 63.4. The third kappa shape index (κ3) is 15.8. The molecule has 0 unspecified atom stereocenters. The van der Waals surface area contributed by atoms with Crippen molar-refractivity contribution in [3.05, 3.63) is 497 Å². The van der Waals surface area contributed by atoms with E-state index in [0.29, 0.717) is 0 Å². The highest BCUT2D eigenvalue weighted by Crippen LogP contribution is 2.48. The van der Waals surface area contributed by atoms with Crippen LogP contribution in [-0.2, 0) is 83.5 Å². The maximum Gasteiger partial charge on any atom is 0.136 e. The van der Waals surface area contributed by atoms with E-state index in [9.17, 15) is 0 Å². The Bertz CT molecular complexity index is 6520. The molecule has 0 radical (unpaired) electrons. The molecule has 4 aromatic heterocycles. The number of hydrogen-bond donors (Lipinski definition) is 0. The monoisotopic (exact) mass is 1680 g/mol. The maximum absolute atomic E-state index is 4.43. The molecule has 11 heteroatoms. The predicted octanol–water partition coefficient (Wildman–Crippen LogP) is 25.6. The van der Waals surface area contributed by atoms with Crippen molar-refractivity contribution in [2.45, 2.75) is 83.5 Å². The van der Waals surface area contributed by atoms with Crippen LogP contribution in [-0.4, -0.2) is 69.3 Å². The molecular weight excluding hydrogens is 1570 g/mol. The van der Waals surface area contributed by atoms with Crippen LogP contribution in [0.25, 0.3) is 0 Å². The Morgan fingerprint density at radius 1 is 0.171 bits per heavy atom. The lowest BCUT2D eigenvalue weighted by Gasteiger charge is -2.34. The first kappa shape index (κ1) is 81.1. The topological polar surface area (TPSA) is 74.2 Å². The number of rotatable bonds is 0. The van der Waals surface area contributed by atoms with E-state index in [1.807, 2.05) is 49.3 Å². The standard InChI is InChI=1S/3C22H19N.4C13H12N2/c1-23-21-9-5-4-8-17(21)12-20-13-18-10-15-6-2-3-7-16(15)11-19(18)14-22(20)23;1-23-21-9-5-4-8-18(21)13-19-11-10-17-12-15-6-2-3-7-16(15)14-20(17)22(19)23;1-23-21-9-5-4-8-18(21)14-20-19-13-16-7-3-2-6-15(16)12-17(19)10-11-22(20)23;1-15-12-7-3-2-5-10(12)9-11-6-4-8-14-13(11)15;1-15-12-6-3-2-5-10(12)9-11-13(15)7-4-8-14-11;1-15-12-5-3-2-4-10(12)8-11-9-14-7-6-13(11)15;1-15-12-5-3-2-4-10(12)8-11-6-7-14-9-13(11)15/h2-9,13-14H,10-12H2,1H3;2*2-11H,12-14H2,1H3;2*2-8H,9H2,1H3;2*2-7,9H,8H2,1H3. The van der Waals surface area contributed by atoms with E-state index < -0.39 is 0 Å². The van der Waals surface area contributed by atoms with Crippen molar-refractivity contribution < 1.29 is 0 Å². The van der Waals surface area contributed by atoms with Crippen LogP contribution in [0.2, 0.25) is 0 Å². The number of nitrogens with zero attached hydrogens (tertiary/aromatic N) is 11. The van der Waals surface area contributed by atoms with Gasteiger partial charge in [-0.05, 0) is 256 Å². The van der Waals surface area contributed by atoms with Crippen molar-refractivity contribution in [1.29, 1.82) is 0 Å². The van der Waals surface area contributed by atoms with Gasteiger partial charge in [-0.2, -0.15) is 0 Å². The van der Waals surface area contributed by atoms with Crippen LogP contribution in [0.1, 0.15) is 145 Å². The van der Waals surface area contributed by atoms with Gasteiger partial charge in [0.1, 0.15) is 5.82 Å². The van der Waals surface area contributed by atoms with Gasteiger partial charge in [0.15, 0.2) is 0 Å². The van der Waals surface area contributed by atoms with Crippen molar-refractivity contribution in [3.8, 4) is 0 Å². The van der Waals surface area contributed by atoms with Gasteiger partial charge in [-0.1, -0.05) is 231 Å². The van der Waals surface area contributed by atoms with Crippen LogP contribution in [0.4, 0.5) is 79.8 Å². The summed E-state index contributed by atoms with van der Waals surface area (Å²) < 4.78 is 0. The predicted molar refractivity (Wildman–Crippen MR) is 534 cm³/mol. The second-order valence-corrected chi connectivity index (χ2v) is 35.5. The fraction of sp³-hybridized carbons (Fsp3) is 0.169. The van der Waals surface area contributed by atoms with E-state index >= 15 is 0 Å². The number of anilines is 14. The summed E-state index contributed by atoms with van der Waals surface area (Å²) in [5.41, 5.74) is 54.5. The first-order valence-electron chi connectivity index (χ1n) is 45.4. The number of para-hydroxylation sites is 7. The van der Waals surface area contributed by atoms with E-state index in [2.05, 4.69) is 407 Å². The molecule has 0 amide bonds. The van der Waals surface area contributed by atoms with Gasteiger partial charge in [-0.25, -0.2) is 4.98 Å². The molecule has 7 aliphatic heterocycles. The van der Waals surface area contributed by atoms with Crippen molar-refractivity contribution in [3.63, 3.8) is 0 Å². The molecule has 10 aliphatic rings. The second-order valence-electron chi connectivity index (χ2n) is 35.5. The lowest BCUT2D eigenvalue weighted by Crippen LogP contribution is -2.22. The molecule has 0 atom stereocenters. The van der Waals surface area contributed by atoms with E-state index in [-0.39, 0.29) is 0 Å². The number of fused-ring (bicyclic) bond motifs is 22. The van der Waals surface area contributed by atoms with Crippen LogP contribution in [0.5, 0.6) is 0 Å². The molecule has 0 fully saturated rings. The minimum absolute atomic E-state index is 0.941. The van der Waals surface area contributed by atoms with Crippen molar-refractivity contribution in [1.82, 2.24) is 19.9 Å². The van der Waals surface area contributed by atoms with Crippen LogP contribution in [0.15, 0.2) is 353 Å². The zero-order valence-corrected chi connectivity index (χ0v) is 74.6. The molecule has 11 heterocycles. The van der Waals surface area contributed by atoms with Gasteiger partial charge in [-0.15, -0.1) is 0 Å². The highest BCUT2D eigenvalue weighted by molar-refractivity contribution is 5.82. The van der Waals surface area contributed by atoms with Crippen LogP contribution >= 0.6 is 0 Å². The minimum atomic E-state index is 0.941. The number of aromatic nitrogens is 4. The van der Waals surface area contributed by atoms with E-state index in [4.69, 9.17) is 0 Å². The Morgan fingerprint density at radius 3 is 1.06 bits per heavy atom. The molecule has 17 aromatic rings. The van der Waals surface area contributed by atoms with Crippen molar-refractivity contribution in [2.75, 3.05) is 83.6 Å². The second kappa shape index (κ2) is 35.1. The molecule has 0 N–H and O–H groups in total. The van der Waals surface area contributed by atoms with Crippen molar-refractivity contribution in [2.24, 2.45) is 0 Å². The highest BCUT2D eigenvalue weighted by Gasteiger charge is 2.32. The normalized spacial score (nSPS) is 14.0. The van der Waals surface area contributed by atoms with E-state index in [0.717, 1.165) is 89.3 Å². The average Bonchev–Trinajstić information content (AvgIpc) is 0.750. The zero-order valence-electron chi connectivity index (χ0n) is 74.6. The smallest absolute Gasteiger partial charge is 0.136 e. The summed E-state index contributed by atoms with van der Waals surface area (Å²) in [5.74, 6) is 1.08. The molecular formula is C118H105N11. The lowest BCUT2D eigenvalue weighted by atomic mass is 9.80. The molecule has 0 spiro atoms. The van der Waals surface area contributed by atoms with Crippen LogP contribution < -0.4 is 34.3 Å². The summed E-state index contributed by atoms with van der Waals surface area (Å²) in [6.45, 7) is 0. The third-order valence-electron chi connectivity index (χ3n) is 28.0. The van der Waals surface area contributed by atoms with Gasteiger partial charge in [0, 0.05) is 194 Å². The maximum atomic E-state index is 4.43. The summed E-state index contributed by atoms with van der Waals surface area (Å²) >= 11 is 0. The van der Waals surface area contributed by atoms with Gasteiger partial charge >= 0.3 is 0 Å². The van der Waals surface area contributed by atoms with Crippen molar-refractivity contribution >= 4 is 79.8 Å². The van der Waals surface area contributed by atoms with E-state index in [1.54, 1.807) is 5.56 Å². The molecule has 0 bridgehead atoms. The minimum Gasteiger partial charge on any atom is -0.344 e. The number of hydrogen-bond acceptors (Lipinski definition) is 11. The number of benzene rings is 13. The SMILES string of the molecule is CN1c2ccccc2Cc2c1ccc1c2Cc2ccccc2C1.CN1c2ccccc2Cc2cc3c(cc21)Cc1ccccc1C3.CN1c2ccccc2Cc2ccc3c(c21)Cc1ccccc1C3.CN1c2ccccc2Cc2cccnc21.CN1c2ccccc2Cc2ccncc21.CN1c2ccccc2Cc2cnccc21.CN1c2ccccc2Cc2ncccc21. The summed E-state index contributed by atoms with van der Waals surface area (Å²) in [5, 5.41) is 0. The van der Waals surface area contributed by atoms with Gasteiger partial charge in [-0.3, -0.25) is 15.0 Å². The average molecular weight is 1680 g/mol. The molecule has 0 saturated heterocycles. The molecule has 3 aliphatic carbocycles. The molecule has 13 aromatic carbocycles. The summed E-state index contributed by atoms with van der Waals surface area (Å²) in [4.78, 5) is 33.1. The quantitative estimate of drug-likeness (QED) is 0.146. The summed E-state index contributed by atoms with van der Waals surface area (Å²) in [6, 6.07) is 114. The Hall–Kier alpha value is -14.9. The van der Waals surface area contributed by atoms with Gasteiger partial charge < -0.3 is 34.3 Å². The Morgan fingerprint density at radius 2 is 0.496 bits per heavy atom. The van der Waals surface area contributed by atoms with Crippen LogP contribution in [0.3, 0.4) is 0 Å². The molecule has 0 saturated carbocycles. The largest absolute Gasteiger partial charge is 0.344 e. The Kier molecular flexibility index (Phi) is 22.1. The summed E-state index contributed by atoms with van der Waals surface area (Å²) in [6.07, 6.45) is 24.8. The Balaban J connectivity index is 0.0000000922. The van der Waals surface area contributed by atoms with Crippen LogP contribution in [0, 0.1) is 0 Å². The fourth-order valence-corrected chi connectivity index (χ4v) is 21.4. The van der Waals surface area contributed by atoms with Gasteiger partial charge in [0.05, 0.1) is 23.3 Å². The molecule has 27 rings (SSSR count). The fourth-order valence-electron chi connectivity index (χ4n) is 21.4. The number of pyridine rings is 4. The molecule has 11 nitrogen and oxygen atoms in total. The van der Waals surface area contributed by atoms with E-state index in [1.165, 1.54) is 213 Å². The lowest BCUT2D eigenvalue weighted by molar-refractivity contribution is 0.946. The molecule has 129 heavy (non-hydrogen) atoms. The zero-order chi connectivity index (χ0) is 87.2. The molecule has 632 valence electrons.